The Morgan fingerprint density at radius 3 is 2.57 bits per heavy atom. The van der Waals surface area contributed by atoms with E-state index in [1.165, 1.54) is 0 Å². The lowest BCUT2D eigenvalue weighted by Gasteiger charge is -2.20. The average molecular weight is 338 g/mol. The molecule has 23 heavy (non-hydrogen) atoms. The summed E-state index contributed by atoms with van der Waals surface area (Å²) in [5, 5.41) is 3.67. The highest BCUT2D eigenvalue weighted by Gasteiger charge is 2.18. The fourth-order valence-corrected chi connectivity index (χ4v) is 2.83. The van der Waals surface area contributed by atoms with Crippen LogP contribution in [0.25, 0.3) is 0 Å². The van der Waals surface area contributed by atoms with Gasteiger partial charge in [-0.25, -0.2) is 0 Å². The normalized spacial score (nSPS) is 16.0. The van der Waals surface area contributed by atoms with E-state index in [4.69, 9.17) is 11.6 Å². The van der Waals surface area contributed by atoms with Crippen LogP contribution < -0.4 is 5.32 Å². The van der Waals surface area contributed by atoms with Crippen LogP contribution in [0.5, 0.6) is 0 Å². The van der Waals surface area contributed by atoms with Gasteiger partial charge < -0.3 is 10.2 Å². The Labute approximate surface area is 142 Å². The largest absolute Gasteiger partial charge is 0.355 e. The summed E-state index contributed by atoms with van der Waals surface area (Å²) in [5.41, 5.74) is 1.15. The number of carbonyl (C=O) groups is 2. The zero-order valence-corrected chi connectivity index (χ0v) is 14.3. The number of hydrogen-bond donors (Lipinski definition) is 1. The summed E-state index contributed by atoms with van der Waals surface area (Å²) < 4.78 is 0. The van der Waals surface area contributed by atoms with Gasteiger partial charge in [-0.15, -0.1) is 0 Å². The van der Waals surface area contributed by atoms with Gasteiger partial charge in [0.05, 0.1) is 6.54 Å². The van der Waals surface area contributed by atoms with Crippen LogP contribution in [0.4, 0.5) is 0 Å². The molecule has 6 heteroatoms. The highest BCUT2D eigenvalue weighted by Crippen LogP contribution is 2.09. The molecule has 1 heterocycles. The standard InChI is InChI=1S/C17H24ClN3O2/c1-14(22)21-10-2-9-20(11-12-21)13-17(23)19-8-7-15-3-5-16(18)6-4-15/h3-6H,2,7-13H2,1H3,(H,19,23). The minimum Gasteiger partial charge on any atom is -0.355 e. The van der Waals surface area contributed by atoms with E-state index >= 15 is 0 Å². The summed E-state index contributed by atoms with van der Waals surface area (Å²) >= 11 is 5.85. The maximum Gasteiger partial charge on any atom is 0.234 e. The third kappa shape index (κ3) is 6.20. The van der Waals surface area contributed by atoms with Crippen LogP contribution in [-0.4, -0.2) is 60.9 Å². The molecule has 1 aliphatic rings. The zero-order valence-electron chi connectivity index (χ0n) is 13.6. The molecule has 0 unspecified atom stereocenters. The quantitative estimate of drug-likeness (QED) is 0.887. The number of benzene rings is 1. The monoisotopic (exact) mass is 337 g/mol. The Kier molecular flexibility index (Phi) is 6.86. The molecule has 5 nitrogen and oxygen atoms in total. The van der Waals surface area contributed by atoms with Crippen LogP contribution in [0.3, 0.4) is 0 Å². The smallest absolute Gasteiger partial charge is 0.234 e. The van der Waals surface area contributed by atoms with Gasteiger partial charge >= 0.3 is 0 Å². The van der Waals surface area contributed by atoms with Crippen LogP contribution >= 0.6 is 11.6 Å². The predicted octanol–water partition coefficient (Wildman–Crippen LogP) is 1.55. The van der Waals surface area contributed by atoms with Crippen molar-refractivity contribution < 1.29 is 9.59 Å². The Bertz CT molecular complexity index is 533. The first-order valence-electron chi connectivity index (χ1n) is 8.03. The Hall–Kier alpha value is -1.59. The SMILES string of the molecule is CC(=O)N1CCCN(CC(=O)NCCc2ccc(Cl)cc2)CC1. The van der Waals surface area contributed by atoms with Crippen molar-refractivity contribution in [3.63, 3.8) is 0 Å². The van der Waals surface area contributed by atoms with E-state index in [0.717, 1.165) is 43.1 Å². The van der Waals surface area contributed by atoms with Gasteiger partial charge in [-0.1, -0.05) is 23.7 Å². The fourth-order valence-electron chi connectivity index (χ4n) is 2.70. The van der Waals surface area contributed by atoms with E-state index in [1.54, 1.807) is 6.92 Å². The predicted molar refractivity (Wildman–Crippen MR) is 91.5 cm³/mol. The topological polar surface area (TPSA) is 52.7 Å². The molecule has 0 bridgehead atoms. The van der Waals surface area contributed by atoms with Crippen molar-refractivity contribution in [2.75, 3.05) is 39.3 Å². The molecule has 0 atom stereocenters. The number of halogens is 1. The molecule has 126 valence electrons. The summed E-state index contributed by atoms with van der Waals surface area (Å²) in [6.07, 6.45) is 1.71. The number of carbonyl (C=O) groups excluding carboxylic acids is 2. The van der Waals surface area contributed by atoms with Crippen molar-refractivity contribution in [3.8, 4) is 0 Å². The second-order valence-corrected chi connectivity index (χ2v) is 6.30. The molecule has 1 fully saturated rings. The van der Waals surface area contributed by atoms with Crippen LogP contribution in [0.15, 0.2) is 24.3 Å². The van der Waals surface area contributed by atoms with Gasteiger partial charge in [-0.05, 0) is 30.5 Å². The first-order chi connectivity index (χ1) is 11.0. The van der Waals surface area contributed by atoms with E-state index in [1.807, 2.05) is 29.2 Å². The van der Waals surface area contributed by atoms with E-state index in [2.05, 4.69) is 10.2 Å². The summed E-state index contributed by atoms with van der Waals surface area (Å²) in [6, 6.07) is 7.66. The maximum atomic E-state index is 12.0. The van der Waals surface area contributed by atoms with Gasteiger partial charge in [0, 0.05) is 44.7 Å². The molecule has 1 aromatic carbocycles. The lowest BCUT2D eigenvalue weighted by Crippen LogP contribution is -2.40. The number of amides is 2. The second kappa shape index (κ2) is 8.89. The van der Waals surface area contributed by atoms with Crippen LogP contribution in [-0.2, 0) is 16.0 Å². The van der Waals surface area contributed by atoms with E-state index < -0.39 is 0 Å². The third-order valence-electron chi connectivity index (χ3n) is 4.05. The van der Waals surface area contributed by atoms with Crippen molar-refractivity contribution in [1.29, 1.82) is 0 Å². The lowest BCUT2D eigenvalue weighted by molar-refractivity contribution is -0.128. The zero-order chi connectivity index (χ0) is 16.7. The minimum atomic E-state index is 0.0373. The maximum absolute atomic E-state index is 12.0. The minimum absolute atomic E-state index is 0.0373. The van der Waals surface area contributed by atoms with Gasteiger partial charge in [0.25, 0.3) is 0 Å². The second-order valence-electron chi connectivity index (χ2n) is 5.86. The molecule has 1 aromatic rings. The molecular formula is C17H24ClN3O2. The Balaban J connectivity index is 1.68. The van der Waals surface area contributed by atoms with E-state index in [-0.39, 0.29) is 11.8 Å². The van der Waals surface area contributed by atoms with Crippen molar-refractivity contribution in [3.05, 3.63) is 34.9 Å². The summed E-state index contributed by atoms with van der Waals surface area (Å²) in [7, 11) is 0. The lowest BCUT2D eigenvalue weighted by atomic mass is 10.1. The molecule has 1 aliphatic heterocycles. The summed E-state index contributed by atoms with van der Waals surface area (Å²) in [4.78, 5) is 27.4. The number of nitrogens with one attached hydrogen (secondary N) is 1. The third-order valence-corrected chi connectivity index (χ3v) is 4.30. The molecule has 0 spiro atoms. The number of rotatable bonds is 5. The van der Waals surface area contributed by atoms with Crippen molar-refractivity contribution in [2.45, 2.75) is 19.8 Å². The molecule has 1 N–H and O–H groups in total. The fraction of sp³-hybridized carbons (Fsp3) is 0.529. The Morgan fingerprint density at radius 2 is 1.87 bits per heavy atom. The molecule has 0 aromatic heterocycles. The molecule has 0 saturated carbocycles. The van der Waals surface area contributed by atoms with Gasteiger partial charge in [-0.2, -0.15) is 0 Å². The van der Waals surface area contributed by atoms with Crippen LogP contribution in [0.1, 0.15) is 18.9 Å². The highest BCUT2D eigenvalue weighted by atomic mass is 35.5. The molecular weight excluding hydrogens is 314 g/mol. The first-order valence-corrected chi connectivity index (χ1v) is 8.41. The molecule has 2 amide bonds. The van der Waals surface area contributed by atoms with Gasteiger partial charge in [0.2, 0.25) is 11.8 Å². The Morgan fingerprint density at radius 1 is 1.13 bits per heavy atom. The number of nitrogens with zero attached hydrogens (tertiary/aromatic N) is 2. The molecule has 0 aliphatic carbocycles. The summed E-state index contributed by atoms with van der Waals surface area (Å²) in [5.74, 6) is 0.148. The highest BCUT2D eigenvalue weighted by molar-refractivity contribution is 6.30. The van der Waals surface area contributed by atoms with Crippen LogP contribution in [0, 0.1) is 0 Å². The summed E-state index contributed by atoms with van der Waals surface area (Å²) in [6.45, 7) is 5.70. The van der Waals surface area contributed by atoms with Crippen molar-refractivity contribution in [2.24, 2.45) is 0 Å². The molecule has 2 rings (SSSR count). The molecule has 1 saturated heterocycles. The average Bonchev–Trinajstić information content (AvgIpc) is 2.75. The van der Waals surface area contributed by atoms with Crippen molar-refractivity contribution >= 4 is 23.4 Å². The van der Waals surface area contributed by atoms with Crippen molar-refractivity contribution in [1.82, 2.24) is 15.1 Å². The van der Waals surface area contributed by atoms with Crippen LogP contribution in [0.2, 0.25) is 5.02 Å². The molecule has 0 radical (unpaired) electrons. The number of hydrogen-bond acceptors (Lipinski definition) is 3. The van der Waals surface area contributed by atoms with Gasteiger partial charge in [0.15, 0.2) is 0 Å². The van der Waals surface area contributed by atoms with Gasteiger partial charge in [-0.3, -0.25) is 14.5 Å². The van der Waals surface area contributed by atoms with E-state index in [9.17, 15) is 9.59 Å². The first kappa shape index (κ1) is 17.8. The van der Waals surface area contributed by atoms with E-state index in [0.29, 0.717) is 19.6 Å². The van der Waals surface area contributed by atoms with Gasteiger partial charge in [0.1, 0.15) is 0 Å².